The van der Waals surface area contributed by atoms with Crippen molar-refractivity contribution < 1.29 is 4.79 Å². The van der Waals surface area contributed by atoms with E-state index in [0.717, 1.165) is 57.9 Å². The van der Waals surface area contributed by atoms with Gasteiger partial charge in [-0.2, -0.15) is 0 Å². The Morgan fingerprint density at radius 3 is 2.83 bits per heavy atom. The molecule has 4 rings (SSSR count). The zero-order valence-corrected chi connectivity index (χ0v) is 14.4. The van der Waals surface area contributed by atoms with Gasteiger partial charge in [-0.15, -0.1) is 0 Å². The van der Waals surface area contributed by atoms with E-state index in [-0.39, 0.29) is 11.8 Å². The minimum Gasteiger partial charge on any atom is -0.326 e. The van der Waals surface area contributed by atoms with Gasteiger partial charge in [0.25, 0.3) is 0 Å². The van der Waals surface area contributed by atoms with Crippen molar-refractivity contribution in [2.24, 2.45) is 5.92 Å². The van der Waals surface area contributed by atoms with Gasteiger partial charge in [-0.1, -0.05) is 36.3 Å². The van der Waals surface area contributed by atoms with Gasteiger partial charge in [0.05, 0.1) is 0 Å². The molecule has 5 heteroatoms. The number of fused-ring (bicyclic) bond motifs is 1. The first-order chi connectivity index (χ1) is 11.7. The Kier molecular flexibility index (Phi) is 4.02. The van der Waals surface area contributed by atoms with Crippen LogP contribution in [0.25, 0.3) is 20.9 Å². The molecule has 0 atom stereocenters. The molecule has 0 saturated heterocycles. The largest absolute Gasteiger partial charge is 0.326 e. The van der Waals surface area contributed by atoms with E-state index in [1.165, 1.54) is 0 Å². The Morgan fingerprint density at radius 1 is 1.21 bits per heavy atom. The quantitative estimate of drug-likeness (QED) is 0.747. The predicted molar refractivity (Wildman–Crippen MR) is 98.2 cm³/mol. The van der Waals surface area contributed by atoms with Crippen LogP contribution < -0.4 is 5.32 Å². The van der Waals surface area contributed by atoms with Crippen molar-refractivity contribution in [1.82, 2.24) is 9.97 Å². The van der Waals surface area contributed by atoms with Crippen molar-refractivity contribution >= 4 is 33.3 Å². The molecule has 1 N–H and O–H groups in total. The highest BCUT2D eigenvalue weighted by Crippen LogP contribution is 2.34. The summed E-state index contributed by atoms with van der Waals surface area (Å²) in [5.74, 6) is 0.318. The van der Waals surface area contributed by atoms with Gasteiger partial charge in [-0.05, 0) is 43.5 Å². The first-order valence-electron chi connectivity index (χ1n) is 8.35. The zero-order chi connectivity index (χ0) is 16.5. The maximum Gasteiger partial charge on any atom is 0.227 e. The van der Waals surface area contributed by atoms with E-state index in [9.17, 15) is 4.79 Å². The summed E-state index contributed by atoms with van der Waals surface area (Å²) in [5.41, 5.74) is 3.92. The molecule has 0 aliphatic heterocycles. The second kappa shape index (κ2) is 6.32. The molecule has 0 spiro atoms. The Bertz CT molecular complexity index is 864. The highest BCUT2D eigenvalue weighted by atomic mass is 32.1. The molecule has 1 saturated carbocycles. The first-order valence-corrected chi connectivity index (χ1v) is 9.16. The standard InChI is InChI=1S/C19H19N3OS/c1-12-14(18-22-16-10-5-11-20-19(16)24-18)8-4-9-15(12)21-17(23)13-6-2-3-7-13/h4-5,8-11,13H,2-3,6-7H2,1H3,(H,21,23). The van der Waals surface area contributed by atoms with Gasteiger partial charge in [0.15, 0.2) is 0 Å². The van der Waals surface area contributed by atoms with E-state index in [4.69, 9.17) is 0 Å². The van der Waals surface area contributed by atoms with E-state index in [2.05, 4.69) is 21.4 Å². The van der Waals surface area contributed by atoms with Crippen molar-refractivity contribution in [3.8, 4) is 10.6 Å². The summed E-state index contributed by atoms with van der Waals surface area (Å²) in [6.45, 7) is 2.04. The Hall–Kier alpha value is -2.27. The predicted octanol–water partition coefficient (Wildman–Crippen LogP) is 4.80. The fraction of sp³-hybridized carbons (Fsp3) is 0.316. The third-order valence-electron chi connectivity index (χ3n) is 4.71. The van der Waals surface area contributed by atoms with E-state index < -0.39 is 0 Å². The molecule has 1 amide bonds. The molecule has 1 aliphatic carbocycles. The fourth-order valence-electron chi connectivity index (χ4n) is 3.31. The lowest BCUT2D eigenvalue weighted by molar-refractivity contribution is -0.119. The summed E-state index contributed by atoms with van der Waals surface area (Å²) >= 11 is 1.58. The van der Waals surface area contributed by atoms with Crippen LogP contribution in [0.2, 0.25) is 0 Å². The van der Waals surface area contributed by atoms with E-state index >= 15 is 0 Å². The number of carbonyl (C=O) groups is 1. The third-order valence-corrected chi connectivity index (χ3v) is 5.73. The number of nitrogens with one attached hydrogen (secondary N) is 1. The molecule has 4 nitrogen and oxygen atoms in total. The van der Waals surface area contributed by atoms with Crippen LogP contribution in [0.3, 0.4) is 0 Å². The SMILES string of the molecule is Cc1c(NC(=O)C2CCCC2)cccc1-c1nc2cccnc2s1. The molecular formula is C19H19N3OS. The number of nitrogens with zero attached hydrogens (tertiary/aromatic N) is 2. The minimum atomic E-state index is 0.152. The average Bonchev–Trinajstić information content (AvgIpc) is 3.26. The zero-order valence-electron chi connectivity index (χ0n) is 13.6. The van der Waals surface area contributed by atoms with Crippen LogP contribution in [0.4, 0.5) is 5.69 Å². The van der Waals surface area contributed by atoms with E-state index in [1.807, 2.05) is 31.2 Å². The normalized spacial score (nSPS) is 15.0. The topological polar surface area (TPSA) is 54.9 Å². The Morgan fingerprint density at radius 2 is 2.04 bits per heavy atom. The van der Waals surface area contributed by atoms with Crippen LogP contribution in [-0.4, -0.2) is 15.9 Å². The average molecular weight is 337 g/mol. The Labute approximate surface area is 145 Å². The lowest BCUT2D eigenvalue weighted by Gasteiger charge is -2.14. The van der Waals surface area contributed by atoms with Gasteiger partial charge >= 0.3 is 0 Å². The number of thiazole rings is 1. The van der Waals surface area contributed by atoms with Crippen LogP contribution in [0.15, 0.2) is 36.5 Å². The van der Waals surface area contributed by atoms with Gasteiger partial charge < -0.3 is 5.32 Å². The van der Waals surface area contributed by atoms with Crippen molar-refractivity contribution in [3.05, 3.63) is 42.1 Å². The summed E-state index contributed by atoms with van der Waals surface area (Å²) in [4.78, 5) is 22.4. The lowest BCUT2D eigenvalue weighted by Crippen LogP contribution is -2.20. The first kappa shape index (κ1) is 15.3. The van der Waals surface area contributed by atoms with Gasteiger partial charge in [-0.25, -0.2) is 9.97 Å². The molecule has 24 heavy (non-hydrogen) atoms. The number of benzene rings is 1. The molecular weight excluding hydrogens is 318 g/mol. The van der Waals surface area contributed by atoms with Crippen LogP contribution in [-0.2, 0) is 4.79 Å². The van der Waals surface area contributed by atoms with Crippen LogP contribution in [0.1, 0.15) is 31.2 Å². The molecule has 122 valence electrons. The molecule has 0 unspecified atom stereocenters. The highest BCUT2D eigenvalue weighted by Gasteiger charge is 2.23. The van der Waals surface area contributed by atoms with Gasteiger partial charge in [0.2, 0.25) is 5.91 Å². The molecule has 1 fully saturated rings. The van der Waals surface area contributed by atoms with Crippen molar-refractivity contribution in [2.75, 3.05) is 5.32 Å². The minimum absolute atomic E-state index is 0.152. The second-order valence-electron chi connectivity index (χ2n) is 6.30. The number of hydrogen-bond acceptors (Lipinski definition) is 4. The number of pyridine rings is 1. The van der Waals surface area contributed by atoms with Crippen molar-refractivity contribution in [1.29, 1.82) is 0 Å². The summed E-state index contributed by atoms with van der Waals surface area (Å²) in [6, 6.07) is 9.88. The maximum absolute atomic E-state index is 12.4. The molecule has 0 bridgehead atoms. The number of rotatable bonds is 3. The van der Waals surface area contributed by atoms with Gasteiger partial charge in [-0.3, -0.25) is 4.79 Å². The summed E-state index contributed by atoms with van der Waals surface area (Å²) in [6.07, 6.45) is 6.13. The third kappa shape index (κ3) is 2.80. The number of hydrogen-bond donors (Lipinski definition) is 1. The smallest absolute Gasteiger partial charge is 0.227 e. The monoisotopic (exact) mass is 337 g/mol. The molecule has 2 aromatic heterocycles. The van der Waals surface area contributed by atoms with Crippen LogP contribution in [0.5, 0.6) is 0 Å². The summed E-state index contributed by atoms with van der Waals surface area (Å²) in [5, 5.41) is 4.06. The second-order valence-corrected chi connectivity index (χ2v) is 7.27. The molecule has 3 aromatic rings. The maximum atomic E-state index is 12.4. The van der Waals surface area contributed by atoms with Crippen LogP contribution >= 0.6 is 11.3 Å². The van der Waals surface area contributed by atoms with Crippen molar-refractivity contribution in [3.63, 3.8) is 0 Å². The molecule has 2 heterocycles. The summed E-state index contributed by atoms with van der Waals surface area (Å²) in [7, 11) is 0. The van der Waals surface area contributed by atoms with Gasteiger partial charge in [0.1, 0.15) is 15.4 Å². The fourth-order valence-corrected chi connectivity index (χ4v) is 4.30. The van der Waals surface area contributed by atoms with Crippen LogP contribution in [0, 0.1) is 12.8 Å². The van der Waals surface area contributed by atoms with Crippen molar-refractivity contribution in [2.45, 2.75) is 32.6 Å². The number of carbonyl (C=O) groups excluding carboxylic acids is 1. The van der Waals surface area contributed by atoms with Gasteiger partial charge in [0, 0.05) is 23.4 Å². The van der Waals surface area contributed by atoms with E-state index in [0.29, 0.717) is 0 Å². The number of anilines is 1. The molecule has 0 radical (unpaired) electrons. The lowest BCUT2D eigenvalue weighted by atomic mass is 10.0. The summed E-state index contributed by atoms with van der Waals surface area (Å²) < 4.78 is 0. The number of aromatic nitrogens is 2. The Balaban J connectivity index is 1.66. The number of amides is 1. The highest BCUT2D eigenvalue weighted by molar-refractivity contribution is 7.21. The molecule has 1 aliphatic rings. The van der Waals surface area contributed by atoms with E-state index in [1.54, 1.807) is 17.5 Å². The molecule has 1 aromatic carbocycles.